The van der Waals surface area contributed by atoms with E-state index in [0.717, 1.165) is 13.2 Å². The zero-order valence-electron chi connectivity index (χ0n) is 5.13. The molecular formula is C4H10NO2P. The summed E-state index contributed by atoms with van der Waals surface area (Å²) >= 11 is 0. The molecule has 0 aromatic heterocycles. The van der Waals surface area contributed by atoms with Gasteiger partial charge in [-0.05, 0) is 14.1 Å². The van der Waals surface area contributed by atoms with Crippen molar-refractivity contribution in [1.82, 2.24) is 4.67 Å². The van der Waals surface area contributed by atoms with Gasteiger partial charge in [0.2, 0.25) is 0 Å². The van der Waals surface area contributed by atoms with E-state index in [0.29, 0.717) is 0 Å². The Bertz CT molecular complexity index is 72.4. The molecule has 1 aliphatic rings. The summed E-state index contributed by atoms with van der Waals surface area (Å²) < 4.78 is 12.3. The van der Waals surface area contributed by atoms with E-state index < -0.39 is 8.53 Å². The van der Waals surface area contributed by atoms with Crippen molar-refractivity contribution in [2.75, 3.05) is 27.3 Å². The predicted molar refractivity (Wildman–Crippen MR) is 32.5 cm³/mol. The average molecular weight is 135 g/mol. The van der Waals surface area contributed by atoms with Gasteiger partial charge in [-0.25, -0.2) is 4.67 Å². The van der Waals surface area contributed by atoms with Crippen molar-refractivity contribution in [3.8, 4) is 0 Å². The van der Waals surface area contributed by atoms with Crippen molar-refractivity contribution in [2.24, 2.45) is 0 Å². The molecule has 48 valence electrons. The van der Waals surface area contributed by atoms with Crippen LogP contribution in [0.5, 0.6) is 0 Å². The Kier molecular flexibility index (Phi) is 2.20. The first kappa shape index (κ1) is 6.43. The number of nitrogens with zero attached hydrogens (tertiary/aromatic N) is 1. The molecule has 0 aromatic rings. The molecule has 0 aliphatic carbocycles. The maximum absolute atomic E-state index is 5.18. The Hall–Kier alpha value is 0.310. The van der Waals surface area contributed by atoms with Crippen LogP contribution in [0, 0.1) is 0 Å². The maximum Gasteiger partial charge on any atom is 0.258 e. The molecule has 1 saturated heterocycles. The van der Waals surface area contributed by atoms with E-state index in [1.807, 2.05) is 18.8 Å². The number of hydrogen-bond acceptors (Lipinski definition) is 3. The van der Waals surface area contributed by atoms with E-state index >= 15 is 0 Å². The first-order chi connectivity index (χ1) is 3.80. The first-order valence-electron chi connectivity index (χ1n) is 2.54. The van der Waals surface area contributed by atoms with Crippen LogP contribution in [0.15, 0.2) is 0 Å². The lowest BCUT2D eigenvalue weighted by Crippen LogP contribution is -2.02. The second-order valence-electron chi connectivity index (χ2n) is 1.75. The molecule has 8 heavy (non-hydrogen) atoms. The van der Waals surface area contributed by atoms with Crippen LogP contribution in [0.1, 0.15) is 0 Å². The van der Waals surface area contributed by atoms with E-state index in [-0.39, 0.29) is 0 Å². The summed E-state index contributed by atoms with van der Waals surface area (Å²) in [7, 11) is 3.24. The Labute approximate surface area is 50.5 Å². The predicted octanol–water partition coefficient (Wildman–Crippen LogP) is 0.822. The summed E-state index contributed by atoms with van der Waals surface area (Å²) in [4.78, 5) is 0. The average Bonchev–Trinajstić information content (AvgIpc) is 2.12. The van der Waals surface area contributed by atoms with Crippen LogP contribution in [-0.4, -0.2) is 32.0 Å². The third kappa shape index (κ3) is 1.39. The Morgan fingerprint density at radius 3 is 2.00 bits per heavy atom. The van der Waals surface area contributed by atoms with Gasteiger partial charge in [-0.15, -0.1) is 0 Å². The SMILES string of the molecule is CN(C)P1OCCO1. The van der Waals surface area contributed by atoms with Gasteiger partial charge in [-0.2, -0.15) is 0 Å². The van der Waals surface area contributed by atoms with Crippen LogP contribution in [0.4, 0.5) is 0 Å². The van der Waals surface area contributed by atoms with Crippen molar-refractivity contribution >= 4 is 8.53 Å². The largest absolute Gasteiger partial charge is 0.320 e. The number of hydrogen-bond donors (Lipinski definition) is 0. The third-order valence-corrected chi connectivity index (χ3v) is 2.27. The summed E-state index contributed by atoms with van der Waals surface area (Å²) in [5, 5.41) is 0. The van der Waals surface area contributed by atoms with E-state index in [1.54, 1.807) is 0 Å². The summed E-state index contributed by atoms with van der Waals surface area (Å²) in [5.41, 5.74) is 0. The van der Waals surface area contributed by atoms with Crippen LogP contribution >= 0.6 is 8.53 Å². The summed E-state index contributed by atoms with van der Waals surface area (Å²) in [6, 6.07) is 0. The minimum absolute atomic E-state index is 0.671. The fourth-order valence-corrected chi connectivity index (χ4v) is 1.50. The molecule has 0 atom stereocenters. The molecule has 0 saturated carbocycles. The Balaban J connectivity index is 2.24. The Morgan fingerprint density at radius 2 is 1.75 bits per heavy atom. The van der Waals surface area contributed by atoms with Crippen LogP contribution in [-0.2, 0) is 9.05 Å². The highest BCUT2D eigenvalue weighted by Gasteiger charge is 2.18. The van der Waals surface area contributed by atoms with Crippen LogP contribution < -0.4 is 0 Å². The molecule has 0 unspecified atom stereocenters. The van der Waals surface area contributed by atoms with Crippen molar-refractivity contribution in [3.05, 3.63) is 0 Å². The van der Waals surface area contributed by atoms with Gasteiger partial charge in [0.15, 0.2) is 0 Å². The van der Waals surface area contributed by atoms with Crippen molar-refractivity contribution in [3.63, 3.8) is 0 Å². The zero-order valence-corrected chi connectivity index (χ0v) is 6.02. The summed E-state index contributed by atoms with van der Waals surface area (Å²) in [6.07, 6.45) is 0. The van der Waals surface area contributed by atoms with Gasteiger partial charge in [-0.3, -0.25) is 0 Å². The molecule has 0 aromatic carbocycles. The smallest absolute Gasteiger partial charge is 0.258 e. The first-order valence-corrected chi connectivity index (χ1v) is 3.67. The molecule has 4 heteroatoms. The van der Waals surface area contributed by atoms with E-state index in [4.69, 9.17) is 9.05 Å². The highest BCUT2D eigenvalue weighted by molar-refractivity contribution is 7.44. The molecule has 0 bridgehead atoms. The lowest BCUT2D eigenvalue weighted by Gasteiger charge is -2.13. The van der Waals surface area contributed by atoms with Gasteiger partial charge in [-0.1, -0.05) is 0 Å². The second kappa shape index (κ2) is 2.74. The van der Waals surface area contributed by atoms with Gasteiger partial charge in [0, 0.05) is 0 Å². The highest BCUT2D eigenvalue weighted by Crippen LogP contribution is 2.43. The van der Waals surface area contributed by atoms with Crippen molar-refractivity contribution in [1.29, 1.82) is 0 Å². The highest BCUT2D eigenvalue weighted by atomic mass is 31.2. The summed E-state index contributed by atoms with van der Waals surface area (Å²) in [5.74, 6) is 0. The maximum atomic E-state index is 5.18. The van der Waals surface area contributed by atoms with Crippen molar-refractivity contribution < 1.29 is 9.05 Å². The molecular weight excluding hydrogens is 125 g/mol. The molecule has 1 rings (SSSR count). The lowest BCUT2D eigenvalue weighted by molar-refractivity contribution is 0.365. The molecule has 0 spiro atoms. The quantitative estimate of drug-likeness (QED) is 0.497. The number of rotatable bonds is 1. The van der Waals surface area contributed by atoms with Crippen LogP contribution in [0.3, 0.4) is 0 Å². The Morgan fingerprint density at radius 1 is 1.25 bits per heavy atom. The molecule has 0 amide bonds. The van der Waals surface area contributed by atoms with Crippen LogP contribution in [0.2, 0.25) is 0 Å². The fourth-order valence-electron chi connectivity index (χ4n) is 0.499. The van der Waals surface area contributed by atoms with E-state index in [1.165, 1.54) is 0 Å². The molecule has 1 fully saturated rings. The monoisotopic (exact) mass is 135 g/mol. The van der Waals surface area contributed by atoms with E-state index in [9.17, 15) is 0 Å². The minimum atomic E-state index is -0.671. The standard InChI is InChI=1S/C4H10NO2P/c1-5(2)8-6-3-4-7-8/h3-4H2,1-2H3. The van der Waals surface area contributed by atoms with Gasteiger partial charge >= 0.3 is 0 Å². The summed E-state index contributed by atoms with van der Waals surface area (Å²) in [6.45, 7) is 1.51. The molecule has 3 nitrogen and oxygen atoms in total. The minimum Gasteiger partial charge on any atom is -0.320 e. The normalized spacial score (nSPS) is 22.9. The molecule has 0 radical (unpaired) electrons. The van der Waals surface area contributed by atoms with Crippen LogP contribution in [0.25, 0.3) is 0 Å². The molecule has 0 N–H and O–H groups in total. The lowest BCUT2D eigenvalue weighted by atomic mass is 10.8. The fraction of sp³-hybridized carbons (Fsp3) is 1.00. The van der Waals surface area contributed by atoms with Gasteiger partial charge in [0.25, 0.3) is 8.53 Å². The van der Waals surface area contributed by atoms with E-state index in [2.05, 4.69) is 0 Å². The van der Waals surface area contributed by atoms with Gasteiger partial charge in [0.05, 0.1) is 13.2 Å². The van der Waals surface area contributed by atoms with Gasteiger partial charge in [0.1, 0.15) is 0 Å². The molecule has 1 aliphatic heterocycles. The van der Waals surface area contributed by atoms with Crippen molar-refractivity contribution in [2.45, 2.75) is 0 Å². The third-order valence-electron chi connectivity index (χ3n) is 0.813. The zero-order chi connectivity index (χ0) is 5.98. The second-order valence-corrected chi connectivity index (χ2v) is 3.54. The topological polar surface area (TPSA) is 21.7 Å². The molecule has 1 heterocycles. The van der Waals surface area contributed by atoms with Gasteiger partial charge < -0.3 is 9.05 Å².